The van der Waals surface area contributed by atoms with E-state index in [-0.39, 0.29) is 6.03 Å². The number of urea groups is 1. The molecule has 0 bridgehead atoms. The Hall–Kier alpha value is -3.09. The number of rotatable bonds is 4. The molecule has 3 rings (SSSR count). The van der Waals surface area contributed by atoms with Gasteiger partial charge in [0.15, 0.2) is 5.65 Å². The summed E-state index contributed by atoms with van der Waals surface area (Å²) >= 11 is 0. The van der Waals surface area contributed by atoms with Crippen molar-refractivity contribution in [3.05, 3.63) is 48.4 Å². The SMILES string of the molecule is COc1ccc(NC(=O)NCc2nc3ncccc3[nH]2)cc1. The first-order valence-electron chi connectivity index (χ1n) is 6.73. The number of aromatic amines is 1. The molecule has 3 N–H and O–H groups in total. The van der Waals surface area contributed by atoms with E-state index >= 15 is 0 Å². The molecule has 2 amide bonds. The Morgan fingerprint density at radius 1 is 1.27 bits per heavy atom. The Morgan fingerprint density at radius 2 is 2.09 bits per heavy atom. The van der Waals surface area contributed by atoms with E-state index in [1.807, 2.05) is 12.1 Å². The van der Waals surface area contributed by atoms with Gasteiger partial charge in [-0.15, -0.1) is 0 Å². The number of nitrogens with one attached hydrogen (secondary N) is 3. The van der Waals surface area contributed by atoms with Crippen LogP contribution < -0.4 is 15.4 Å². The first kappa shape index (κ1) is 13.9. The molecule has 0 unspecified atom stereocenters. The highest BCUT2D eigenvalue weighted by atomic mass is 16.5. The summed E-state index contributed by atoms with van der Waals surface area (Å²) in [7, 11) is 1.59. The average molecular weight is 297 g/mol. The summed E-state index contributed by atoms with van der Waals surface area (Å²) in [6, 6.07) is 10.5. The van der Waals surface area contributed by atoms with E-state index in [0.717, 1.165) is 11.3 Å². The quantitative estimate of drug-likeness (QED) is 0.689. The molecule has 0 atom stereocenters. The molecule has 2 aromatic heterocycles. The number of carbonyl (C=O) groups excluding carboxylic acids is 1. The monoisotopic (exact) mass is 297 g/mol. The summed E-state index contributed by atoms with van der Waals surface area (Å²) in [4.78, 5) is 23.4. The summed E-state index contributed by atoms with van der Waals surface area (Å²) in [5, 5.41) is 5.47. The van der Waals surface area contributed by atoms with E-state index in [9.17, 15) is 4.79 Å². The van der Waals surface area contributed by atoms with Crippen molar-refractivity contribution in [3.63, 3.8) is 0 Å². The molecule has 0 aliphatic carbocycles. The van der Waals surface area contributed by atoms with Crippen LogP contribution in [0.2, 0.25) is 0 Å². The number of imidazole rings is 1. The van der Waals surface area contributed by atoms with Crippen molar-refractivity contribution in [1.82, 2.24) is 20.3 Å². The first-order chi connectivity index (χ1) is 10.7. The third-order valence-electron chi connectivity index (χ3n) is 3.07. The predicted octanol–water partition coefficient (Wildman–Crippen LogP) is 2.29. The van der Waals surface area contributed by atoms with Crippen LogP contribution in [-0.2, 0) is 6.54 Å². The van der Waals surface area contributed by atoms with Gasteiger partial charge in [-0.3, -0.25) is 0 Å². The number of anilines is 1. The van der Waals surface area contributed by atoms with E-state index < -0.39 is 0 Å². The third-order valence-corrected chi connectivity index (χ3v) is 3.07. The minimum atomic E-state index is -0.307. The molecule has 7 nitrogen and oxygen atoms in total. The van der Waals surface area contributed by atoms with Crippen LogP contribution in [0.5, 0.6) is 5.75 Å². The minimum absolute atomic E-state index is 0.290. The molecule has 0 radical (unpaired) electrons. The number of benzene rings is 1. The van der Waals surface area contributed by atoms with Crippen LogP contribution in [0.3, 0.4) is 0 Å². The Balaban J connectivity index is 1.57. The van der Waals surface area contributed by atoms with Gasteiger partial charge in [0.2, 0.25) is 0 Å². The second-order valence-electron chi connectivity index (χ2n) is 4.59. The number of H-pyrrole nitrogens is 1. The van der Waals surface area contributed by atoms with Crippen LogP contribution >= 0.6 is 0 Å². The molecule has 0 fully saturated rings. The highest BCUT2D eigenvalue weighted by Gasteiger charge is 2.06. The normalized spacial score (nSPS) is 10.4. The smallest absolute Gasteiger partial charge is 0.319 e. The zero-order valence-electron chi connectivity index (χ0n) is 12.0. The zero-order valence-corrected chi connectivity index (χ0v) is 12.0. The molecule has 0 aliphatic rings. The van der Waals surface area contributed by atoms with Crippen LogP contribution in [0.25, 0.3) is 11.2 Å². The summed E-state index contributed by atoms with van der Waals surface area (Å²) in [5.74, 6) is 1.39. The molecule has 22 heavy (non-hydrogen) atoms. The number of ether oxygens (including phenoxy) is 1. The van der Waals surface area contributed by atoms with E-state index in [0.29, 0.717) is 23.7 Å². The lowest BCUT2D eigenvalue weighted by Gasteiger charge is -2.07. The van der Waals surface area contributed by atoms with E-state index in [4.69, 9.17) is 4.74 Å². The number of amides is 2. The zero-order chi connectivity index (χ0) is 15.4. The molecule has 3 aromatic rings. The van der Waals surface area contributed by atoms with Crippen LogP contribution in [-0.4, -0.2) is 28.1 Å². The number of hydrogen-bond donors (Lipinski definition) is 3. The van der Waals surface area contributed by atoms with Crippen molar-refractivity contribution < 1.29 is 9.53 Å². The maximum absolute atomic E-state index is 11.8. The number of pyridine rings is 1. The first-order valence-corrected chi connectivity index (χ1v) is 6.73. The Morgan fingerprint density at radius 3 is 2.82 bits per heavy atom. The highest BCUT2D eigenvalue weighted by molar-refractivity contribution is 5.89. The van der Waals surface area contributed by atoms with Crippen LogP contribution in [0.1, 0.15) is 5.82 Å². The predicted molar refractivity (Wildman–Crippen MR) is 82.7 cm³/mol. The van der Waals surface area contributed by atoms with Gasteiger partial charge < -0.3 is 20.4 Å². The van der Waals surface area contributed by atoms with E-state index in [1.54, 1.807) is 37.6 Å². The van der Waals surface area contributed by atoms with Crippen molar-refractivity contribution in [2.24, 2.45) is 0 Å². The number of hydrogen-bond acceptors (Lipinski definition) is 4. The summed E-state index contributed by atoms with van der Waals surface area (Å²) in [6.45, 7) is 0.290. The molecule has 0 spiro atoms. The van der Waals surface area contributed by atoms with Gasteiger partial charge >= 0.3 is 6.03 Å². The van der Waals surface area contributed by atoms with Crippen LogP contribution in [0.4, 0.5) is 10.5 Å². The highest BCUT2D eigenvalue weighted by Crippen LogP contribution is 2.14. The van der Waals surface area contributed by atoms with Crippen molar-refractivity contribution in [2.45, 2.75) is 6.54 Å². The fourth-order valence-electron chi connectivity index (χ4n) is 1.99. The summed E-state index contributed by atoms with van der Waals surface area (Å²) in [5.41, 5.74) is 2.16. The maximum Gasteiger partial charge on any atom is 0.319 e. The van der Waals surface area contributed by atoms with Crippen molar-refractivity contribution >= 4 is 22.9 Å². The second-order valence-corrected chi connectivity index (χ2v) is 4.59. The lowest BCUT2D eigenvalue weighted by atomic mass is 10.3. The average Bonchev–Trinajstić information content (AvgIpc) is 2.96. The van der Waals surface area contributed by atoms with E-state index in [1.165, 1.54) is 0 Å². The Kier molecular flexibility index (Phi) is 3.86. The van der Waals surface area contributed by atoms with Crippen LogP contribution in [0, 0.1) is 0 Å². The molecule has 0 saturated carbocycles. The third kappa shape index (κ3) is 3.14. The second kappa shape index (κ2) is 6.13. The Bertz CT molecular complexity index is 749. The lowest BCUT2D eigenvalue weighted by Crippen LogP contribution is -2.28. The van der Waals surface area contributed by atoms with Gasteiger partial charge in [-0.2, -0.15) is 0 Å². The van der Waals surface area contributed by atoms with Gasteiger partial charge in [-0.25, -0.2) is 14.8 Å². The van der Waals surface area contributed by atoms with Crippen molar-refractivity contribution in [3.8, 4) is 5.75 Å². The summed E-state index contributed by atoms with van der Waals surface area (Å²) in [6.07, 6.45) is 1.68. The van der Waals surface area contributed by atoms with Gasteiger partial charge in [0.05, 0.1) is 19.2 Å². The van der Waals surface area contributed by atoms with Crippen LogP contribution in [0.15, 0.2) is 42.6 Å². The fraction of sp³-hybridized carbons (Fsp3) is 0.133. The van der Waals surface area contributed by atoms with Crippen molar-refractivity contribution in [2.75, 3.05) is 12.4 Å². The molecular formula is C15H15N5O2. The number of methoxy groups -OCH3 is 1. The molecule has 1 aromatic carbocycles. The van der Waals surface area contributed by atoms with Crippen molar-refractivity contribution in [1.29, 1.82) is 0 Å². The van der Waals surface area contributed by atoms with Gasteiger partial charge in [-0.05, 0) is 36.4 Å². The molecule has 0 saturated heterocycles. The molecule has 7 heteroatoms. The van der Waals surface area contributed by atoms with Gasteiger partial charge in [-0.1, -0.05) is 0 Å². The summed E-state index contributed by atoms with van der Waals surface area (Å²) < 4.78 is 5.06. The number of aromatic nitrogens is 3. The minimum Gasteiger partial charge on any atom is -0.497 e. The molecule has 112 valence electrons. The largest absolute Gasteiger partial charge is 0.497 e. The van der Waals surface area contributed by atoms with Gasteiger partial charge in [0.1, 0.15) is 11.6 Å². The topological polar surface area (TPSA) is 91.9 Å². The maximum atomic E-state index is 11.8. The lowest BCUT2D eigenvalue weighted by molar-refractivity contribution is 0.251. The molecule has 2 heterocycles. The van der Waals surface area contributed by atoms with Gasteiger partial charge in [0, 0.05) is 11.9 Å². The van der Waals surface area contributed by atoms with E-state index in [2.05, 4.69) is 25.6 Å². The molecular weight excluding hydrogens is 282 g/mol. The Labute approximate surface area is 126 Å². The molecule has 0 aliphatic heterocycles. The number of fused-ring (bicyclic) bond motifs is 1. The van der Waals surface area contributed by atoms with Gasteiger partial charge in [0.25, 0.3) is 0 Å². The number of carbonyl (C=O) groups is 1. The fourth-order valence-corrected chi connectivity index (χ4v) is 1.99. The standard InChI is InChI=1S/C15H15N5O2/c1-22-11-6-4-10(5-7-11)18-15(21)17-9-13-19-12-3-2-8-16-14(12)20-13/h2-8H,9H2,1H3,(H,16,19,20)(H2,17,18,21). The number of nitrogens with zero attached hydrogens (tertiary/aromatic N) is 2.